The molecule has 31 heavy (non-hydrogen) atoms. The van der Waals surface area contributed by atoms with Crippen molar-refractivity contribution in [2.45, 2.75) is 33.8 Å². The van der Waals surface area contributed by atoms with Crippen molar-refractivity contribution in [3.63, 3.8) is 0 Å². The molecule has 7 nitrogen and oxygen atoms in total. The summed E-state index contributed by atoms with van der Waals surface area (Å²) in [7, 11) is 0. The van der Waals surface area contributed by atoms with Crippen LogP contribution in [-0.2, 0) is 4.74 Å². The summed E-state index contributed by atoms with van der Waals surface area (Å²) >= 11 is 0. The van der Waals surface area contributed by atoms with Gasteiger partial charge in [0, 0.05) is 22.5 Å². The molecule has 0 saturated carbocycles. The van der Waals surface area contributed by atoms with E-state index in [-0.39, 0.29) is 11.6 Å². The van der Waals surface area contributed by atoms with Crippen LogP contribution >= 0.6 is 0 Å². The minimum Gasteiger partial charge on any atom is -0.443 e. The summed E-state index contributed by atoms with van der Waals surface area (Å²) < 4.78 is 7.13. The average Bonchev–Trinajstić information content (AvgIpc) is 3.17. The van der Waals surface area contributed by atoms with Gasteiger partial charge < -0.3 is 4.74 Å². The van der Waals surface area contributed by atoms with Crippen molar-refractivity contribution in [3.8, 4) is 0 Å². The van der Waals surface area contributed by atoms with Gasteiger partial charge >= 0.3 is 5.97 Å². The van der Waals surface area contributed by atoms with E-state index in [2.05, 4.69) is 15.1 Å². The molecule has 0 N–H and O–H groups in total. The monoisotopic (exact) mass is 414 g/mol. The number of ether oxygens (including phenoxy) is 1. The molecule has 2 aromatic heterocycles. The van der Waals surface area contributed by atoms with Gasteiger partial charge in [0.15, 0.2) is 6.10 Å². The molecule has 4 aromatic rings. The first-order valence-electron chi connectivity index (χ1n) is 9.91. The molecule has 156 valence electrons. The van der Waals surface area contributed by atoms with E-state index < -0.39 is 12.1 Å². The average molecular weight is 414 g/mol. The minimum atomic E-state index is -1.11. The SMILES string of the molecule is Cc1ccc(C(=O)[C@@H](OC(=O)c2nc3nc(C)cc(C)n3n2)c2ccc(C)cc2)cc1. The van der Waals surface area contributed by atoms with E-state index in [1.54, 1.807) is 24.3 Å². The molecule has 0 saturated heterocycles. The first-order valence-corrected chi connectivity index (χ1v) is 9.91. The van der Waals surface area contributed by atoms with Gasteiger partial charge in [-0.15, -0.1) is 5.10 Å². The molecule has 4 rings (SSSR count). The highest BCUT2D eigenvalue weighted by Gasteiger charge is 2.28. The lowest BCUT2D eigenvalue weighted by Crippen LogP contribution is -2.21. The highest BCUT2D eigenvalue weighted by atomic mass is 16.5. The molecule has 0 aliphatic carbocycles. The van der Waals surface area contributed by atoms with Crippen LogP contribution in [0.25, 0.3) is 5.78 Å². The van der Waals surface area contributed by atoms with Crippen molar-refractivity contribution < 1.29 is 14.3 Å². The lowest BCUT2D eigenvalue weighted by atomic mass is 9.98. The zero-order valence-electron chi connectivity index (χ0n) is 17.8. The van der Waals surface area contributed by atoms with Crippen LogP contribution < -0.4 is 0 Å². The van der Waals surface area contributed by atoms with Crippen LogP contribution in [0, 0.1) is 27.7 Å². The third kappa shape index (κ3) is 4.21. The van der Waals surface area contributed by atoms with Gasteiger partial charge in [0.25, 0.3) is 11.6 Å². The van der Waals surface area contributed by atoms with E-state index in [4.69, 9.17) is 4.74 Å². The second-order valence-electron chi connectivity index (χ2n) is 7.61. The van der Waals surface area contributed by atoms with Crippen LogP contribution in [0.1, 0.15) is 55.2 Å². The van der Waals surface area contributed by atoms with Crippen molar-refractivity contribution in [2.24, 2.45) is 0 Å². The smallest absolute Gasteiger partial charge is 0.379 e. The molecule has 2 heterocycles. The highest BCUT2D eigenvalue weighted by molar-refractivity contribution is 6.01. The fourth-order valence-corrected chi connectivity index (χ4v) is 3.30. The molecule has 7 heteroatoms. The van der Waals surface area contributed by atoms with E-state index in [0.29, 0.717) is 16.9 Å². The molecule has 0 amide bonds. The molecular weight excluding hydrogens is 392 g/mol. The quantitative estimate of drug-likeness (QED) is 0.360. The number of rotatable bonds is 5. The largest absolute Gasteiger partial charge is 0.443 e. The van der Waals surface area contributed by atoms with E-state index in [1.165, 1.54) is 4.52 Å². The van der Waals surface area contributed by atoms with Gasteiger partial charge in [-0.3, -0.25) is 4.79 Å². The number of hydrogen-bond donors (Lipinski definition) is 0. The maximum Gasteiger partial charge on any atom is 0.379 e. The topological polar surface area (TPSA) is 86.5 Å². The number of aromatic nitrogens is 4. The minimum absolute atomic E-state index is 0.144. The number of aryl methyl sites for hydroxylation is 4. The fraction of sp³-hybridized carbons (Fsp3) is 0.208. The Hall–Kier alpha value is -3.87. The van der Waals surface area contributed by atoms with E-state index in [0.717, 1.165) is 22.5 Å². The predicted molar refractivity (Wildman–Crippen MR) is 115 cm³/mol. The maximum atomic E-state index is 13.2. The van der Waals surface area contributed by atoms with Gasteiger partial charge in [-0.25, -0.2) is 14.3 Å². The zero-order valence-corrected chi connectivity index (χ0v) is 17.8. The number of hydrogen-bond acceptors (Lipinski definition) is 6. The molecule has 1 atom stereocenters. The maximum absolute atomic E-state index is 13.2. The van der Waals surface area contributed by atoms with Crippen LogP contribution in [0.5, 0.6) is 0 Å². The molecule has 0 fully saturated rings. The number of ketones is 1. The zero-order chi connectivity index (χ0) is 22.1. The van der Waals surface area contributed by atoms with Crippen LogP contribution in [0.15, 0.2) is 54.6 Å². The van der Waals surface area contributed by atoms with Gasteiger partial charge in [0.1, 0.15) is 0 Å². The molecular formula is C24H22N4O3. The Morgan fingerprint density at radius 1 is 0.871 bits per heavy atom. The van der Waals surface area contributed by atoms with Gasteiger partial charge in [-0.1, -0.05) is 59.7 Å². The summed E-state index contributed by atoms with van der Waals surface area (Å²) in [6.45, 7) is 7.58. The Balaban J connectivity index is 1.69. The number of carbonyl (C=O) groups excluding carboxylic acids is 2. The summed E-state index contributed by atoms with van der Waals surface area (Å²) in [6, 6.07) is 16.3. The summed E-state index contributed by atoms with van der Waals surface area (Å²) in [5, 5.41) is 4.22. The molecule has 0 bridgehead atoms. The molecule has 0 spiro atoms. The number of Topliss-reactive ketones (excluding diaryl/α,β-unsaturated/α-hetero) is 1. The number of carbonyl (C=O) groups is 2. The number of nitrogens with zero attached hydrogens (tertiary/aromatic N) is 4. The molecule has 0 aliphatic heterocycles. The lowest BCUT2D eigenvalue weighted by Gasteiger charge is -2.17. The van der Waals surface area contributed by atoms with Crippen LogP contribution in [0.4, 0.5) is 0 Å². The normalized spacial score (nSPS) is 12.0. The Morgan fingerprint density at radius 2 is 1.48 bits per heavy atom. The first kappa shape index (κ1) is 20.4. The Labute approximate surface area is 179 Å². The first-order chi connectivity index (χ1) is 14.8. The summed E-state index contributed by atoms with van der Waals surface area (Å²) in [6.07, 6.45) is -1.11. The van der Waals surface area contributed by atoms with Crippen molar-refractivity contribution in [1.29, 1.82) is 0 Å². The van der Waals surface area contributed by atoms with Crippen LogP contribution in [0.2, 0.25) is 0 Å². The number of benzene rings is 2. The Bertz CT molecular complexity index is 1270. The predicted octanol–water partition coefficient (Wildman–Crippen LogP) is 4.14. The van der Waals surface area contributed by atoms with Crippen molar-refractivity contribution in [2.75, 3.05) is 0 Å². The van der Waals surface area contributed by atoms with Gasteiger partial charge in [-0.2, -0.15) is 4.98 Å². The Kier molecular flexibility index (Phi) is 5.33. The molecule has 0 radical (unpaired) electrons. The van der Waals surface area contributed by atoms with Gasteiger partial charge in [-0.05, 0) is 33.8 Å². The second kappa shape index (κ2) is 8.10. The number of esters is 1. The van der Waals surface area contributed by atoms with Crippen LogP contribution in [0.3, 0.4) is 0 Å². The summed E-state index contributed by atoms with van der Waals surface area (Å²) in [5.74, 6) is -0.934. The van der Waals surface area contributed by atoms with Crippen molar-refractivity contribution >= 4 is 17.5 Å². The molecule has 0 unspecified atom stereocenters. The lowest BCUT2D eigenvalue weighted by molar-refractivity contribution is 0.0268. The van der Waals surface area contributed by atoms with E-state index in [1.807, 2.05) is 58.0 Å². The highest BCUT2D eigenvalue weighted by Crippen LogP contribution is 2.24. The van der Waals surface area contributed by atoms with Crippen LogP contribution in [-0.4, -0.2) is 31.3 Å². The number of fused-ring (bicyclic) bond motifs is 1. The summed E-state index contributed by atoms with van der Waals surface area (Å²) in [4.78, 5) is 34.6. The van der Waals surface area contributed by atoms with Gasteiger partial charge in [0.05, 0.1) is 0 Å². The van der Waals surface area contributed by atoms with Crippen molar-refractivity contribution in [1.82, 2.24) is 19.6 Å². The molecule has 2 aromatic carbocycles. The Morgan fingerprint density at radius 3 is 2.13 bits per heavy atom. The third-order valence-electron chi connectivity index (χ3n) is 4.98. The third-order valence-corrected chi connectivity index (χ3v) is 4.98. The standard InChI is InChI=1S/C24H22N4O3/c1-14-5-9-18(10-6-14)20(29)21(19-11-7-15(2)8-12-19)31-23(30)22-26-24-25-16(3)13-17(4)28(24)27-22/h5-13,21H,1-4H3/t21-/m0/s1. The fourth-order valence-electron chi connectivity index (χ4n) is 3.30. The molecule has 0 aliphatic rings. The van der Waals surface area contributed by atoms with Gasteiger partial charge in [0.2, 0.25) is 5.78 Å². The van der Waals surface area contributed by atoms with E-state index >= 15 is 0 Å². The summed E-state index contributed by atoms with van der Waals surface area (Å²) in [5.41, 5.74) is 4.67. The van der Waals surface area contributed by atoms with Crippen molar-refractivity contribution in [3.05, 3.63) is 94.1 Å². The van der Waals surface area contributed by atoms with E-state index in [9.17, 15) is 9.59 Å². The second-order valence-corrected chi connectivity index (χ2v) is 7.61.